The summed E-state index contributed by atoms with van der Waals surface area (Å²) < 4.78 is 5.19. The highest BCUT2D eigenvalue weighted by Gasteiger charge is 2.25. The minimum Gasteiger partial charge on any atom is -0.497 e. The first-order chi connectivity index (χ1) is 13.0. The predicted molar refractivity (Wildman–Crippen MR) is 111 cm³/mol. The lowest BCUT2D eigenvalue weighted by molar-refractivity contribution is -0.118. The Hall–Kier alpha value is -2.62. The molecule has 2 aromatic rings. The third-order valence-corrected chi connectivity index (χ3v) is 5.13. The number of ether oxygens (including phenoxy) is 1. The van der Waals surface area contributed by atoms with Gasteiger partial charge in [0.2, 0.25) is 0 Å². The SMILES string of the molecule is COc1ccc(CCN=C2CC(=O)C[C@@H](c3ccc(N(C)C)cc3)C2)cc1. The smallest absolute Gasteiger partial charge is 0.139 e. The van der Waals surface area contributed by atoms with Crippen LogP contribution >= 0.6 is 0 Å². The maximum Gasteiger partial charge on any atom is 0.139 e. The van der Waals surface area contributed by atoms with Crippen LogP contribution in [-0.2, 0) is 11.2 Å². The molecule has 0 heterocycles. The Morgan fingerprint density at radius 2 is 1.74 bits per heavy atom. The molecule has 4 heteroatoms. The molecule has 0 saturated heterocycles. The molecule has 27 heavy (non-hydrogen) atoms. The number of benzene rings is 2. The molecule has 1 fully saturated rings. The second-order valence-corrected chi connectivity index (χ2v) is 7.35. The first-order valence-corrected chi connectivity index (χ1v) is 9.49. The van der Waals surface area contributed by atoms with Gasteiger partial charge in [0.05, 0.1) is 7.11 Å². The number of carbonyl (C=O) groups excluding carboxylic acids is 1. The Labute approximate surface area is 161 Å². The number of nitrogens with zero attached hydrogens (tertiary/aromatic N) is 2. The van der Waals surface area contributed by atoms with Crippen molar-refractivity contribution >= 4 is 17.2 Å². The minimum atomic E-state index is 0.252. The van der Waals surface area contributed by atoms with E-state index < -0.39 is 0 Å². The molecule has 0 radical (unpaired) electrons. The Kier molecular flexibility index (Phi) is 6.28. The van der Waals surface area contributed by atoms with Crippen LogP contribution in [0.5, 0.6) is 5.75 Å². The summed E-state index contributed by atoms with van der Waals surface area (Å²) in [6.45, 7) is 0.723. The lowest BCUT2D eigenvalue weighted by Gasteiger charge is -2.24. The number of carbonyl (C=O) groups is 1. The monoisotopic (exact) mass is 364 g/mol. The van der Waals surface area contributed by atoms with Gasteiger partial charge in [0.25, 0.3) is 0 Å². The van der Waals surface area contributed by atoms with E-state index in [1.165, 1.54) is 16.8 Å². The van der Waals surface area contributed by atoms with Gasteiger partial charge in [0, 0.05) is 44.9 Å². The van der Waals surface area contributed by atoms with Crippen LogP contribution in [0.2, 0.25) is 0 Å². The Morgan fingerprint density at radius 1 is 1.04 bits per heavy atom. The summed E-state index contributed by atoms with van der Waals surface area (Å²) in [5.74, 6) is 1.42. The van der Waals surface area contributed by atoms with Gasteiger partial charge in [-0.25, -0.2) is 0 Å². The highest BCUT2D eigenvalue weighted by molar-refractivity contribution is 6.05. The summed E-state index contributed by atoms with van der Waals surface area (Å²) >= 11 is 0. The van der Waals surface area contributed by atoms with Gasteiger partial charge in [0.1, 0.15) is 11.5 Å². The molecule has 2 aromatic carbocycles. The van der Waals surface area contributed by atoms with Crippen molar-refractivity contribution in [2.75, 3.05) is 32.6 Å². The zero-order chi connectivity index (χ0) is 19.2. The van der Waals surface area contributed by atoms with E-state index in [2.05, 4.69) is 41.3 Å². The standard InChI is InChI=1S/C23H28N2O2/c1-25(2)21-8-6-18(7-9-21)19-14-20(16-22(26)15-19)24-13-12-17-4-10-23(27-3)11-5-17/h4-11,19H,12-16H2,1-3H3/t19-/m0/s1. The summed E-state index contributed by atoms with van der Waals surface area (Å²) in [7, 11) is 5.74. The molecule has 0 unspecified atom stereocenters. The first-order valence-electron chi connectivity index (χ1n) is 9.49. The van der Waals surface area contributed by atoms with E-state index in [1.54, 1.807) is 7.11 Å². The fourth-order valence-corrected chi connectivity index (χ4v) is 3.54. The number of hydrogen-bond donors (Lipinski definition) is 0. The average Bonchev–Trinajstić information content (AvgIpc) is 2.68. The van der Waals surface area contributed by atoms with Crippen molar-refractivity contribution in [3.8, 4) is 5.75 Å². The van der Waals surface area contributed by atoms with Crippen molar-refractivity contribution < 1.29 is 9.53 Å². The maximum absolute atomic E-state index is 12.2. The highest BCUT2D eigenvalue weighted by Crippen LogP contribution is 2.31. The average molecular weight is 364 g/mol. The molecule has 1 saturated carbocycles. The van der Waals surface area contributed by atoms with Crippen LogP contribution in [0.1, 0.15) is 36.3 Å². The van der Waals surface area contributed by atoms with Crippen LogP contribution in [0.25, 0.3) is 0 Å². The number of anilines is 1. The fourth-order valence-electron chi connectivity index (χ4n) is 3.54. The molecule has 0 amide bonds. The number of Topliss-reactive ketones (excluding diaryl/α,β-unsaturated/α-hetero) is 1. The van der Waals surface area contributed by atoms with Gasteiger partial charge in [-0.15, -0.1) is 0 Å². The second-order valence-electron chi connectivity index (χ2n) is 7.35. The van der Waals surface area contributed by atoms with Gasteiger partial charge >= 0.3 is 0 Å². The van der Waals surface area contributed by atoms with Crippen molar-refractivity contribution in [2.24, 2.45) is 4.99 Å². The van der Waals surface area contributed by atoms with Crippen molar-refractivity contribution in [2.45, 2.75) is 31.6 Å². The van der Waals surface area contributed by atoms with Crippen LogP contribution in [0.15, 0.2) is 53.5 Å². The molecule has 142 valence electrons. The van der Waals surface area contributed by atoms with Gasteiger partial charge in [-0.1, -0.05) is 24.3 Å². The van der Waals surface area contributed by atoms with E-state index >= 15 is 0 Å². The minimum absolute atomic E-state index is 0.252. The van der Waals surface area contributed by atoms with Crippen LogP contribution in [0, 0.1) is 0 Å². The molecular weight excluding hydrogens is 336 g/mol. The van der Waals surface area contributed by atoms with Crippen LogP contribution in [0.4, 0.5) is 5.69 Å². The van der Waals surface area contributed by atoms with Gasteiger partial charge in [-0.3, -0.25) is 9.79 Å². The Balaban J connectivity index is 1.61. The van der Waals surface area contributed by atoms with Crippen molar-refractivity contribution in [1.82, 2.24) is 0 Å². The molecule has 0 N–H and O–H groups in total. The Morgan fingerprint density at radius 3 is 2.37 bits per heavy atom. The van der Waals surface area contributed by atoms with Gasteiger partial charge < -0.3 is 9.64 Å². The molecule has 0 aromatic heterocycles. The zero-order valence-corrected chi connectivity index (χ0v) is 16.4. The van der Waals surface area contributed by atoms with Crippen LogP contribution < -0.4 is 9.64 Å². The van der Waals surface area contributed by atoms with E-state index in [4.69, 9.17) is 9.73 Å². The molecular formula is C23H28N2O2. The summed E-state index contributed by atoms with van der Waals surface area (Å²) in [6.07, 6.45) is 2.90. The van der Waals surface area contributed by atoms with E-state index in [0.29, 0.717) is 18.6 Å². The molecule has 0 spiro atoms. The Bertz CT molecular complexity index is 792. The summed E-state index contributed by atoms with van der Waals surface area (Å²) in [4.78, 5) is 19.1. The number of methoxy groups -OCH3 is 1. The lowest BCUT2D eigenvalue weighted by Crippen LogP contribution is -2.22. The predicted octanol–water partition coefficient (Wildman–Crippen LogP) is 4.28. The number of aliphatic imine (C=N–C) groups is 1. The van der Waals surface area contributed by atoms with E-state index in [1.807, 2.05) is 26.2 Å². The summed E-state index contributed by atoms with van der Waals surface area (Å²) in [5.41, 5.74) is 4.69. The van der Waals surface area contributed by atoms with Crippen LogP contribution in [0.3, 0.4) is 0 Å². The molecule has 4 nitrogen and oxygen atoms in total. The molecule has 1 aliphatic carbocycles. The van der Waals surface area contributed by atoms with E-state index in [9.17, 15) is 4.79 Å². The van der Waals surface area contributed by atoms with Gasteiger partial charge in [0.15, 0.2) is 0 Å². The maximum atomic E-state index is 12.2. The summed E-state index contributed by atoms with van der Waals surface area (Å²) in [5, 5.41) is 0. The van der Waals surface area contributed by atoms with Crippen molar-refractivity contribution in [3.05, 3.63) is 59.7 Å². The van der Waals surface area contributed by atoms with Gasteiger partial charge in [-0.2, -0.15) is 0 Å². The van der Waals surface area contributed by atoms with E-state index in [-0.39, 0.29) is 5.92 Å². The van der Waals surface area contributed by atoms with E-state index in [0.717, 1.165) is 30.8 Å². The lowest BCUT2D eigenvalue weighted by atomic mass is 9.82. The largest absolute Gasteiger partial charge is 0.497 e. The topological polar surface area (TPSA) is 41.9 Å². The second kappa shape index (κ2) is 8.85. The normalized spacial score (nSPS) is 18.6. The highest BCUT2D eigenvalue weighted by atomic mass is 16.5. The number of rotatable bonds is 6. The van der Waals surface area contributed by atoms with Crippen molar-refractivity contribution in [1.29, 1.82) is 0 Å². The fraction of sp³-hybridized carbons (Fsp3) is 0.391. The third kappa shape index (κ3) is 5.19. The summed E-state index contributed by atoms with van der Waals surface area (Å²) in [6, 6.07) is 16.6. The first kappa shape index (κ1) is 19.2. The molecule has 1 aliphatic rings. The number of hydrogen-bond acceptors (Lipinski definition) is 4. The third-order valence-electron chi connectivity index (χ3n) is 5.13. The van der Waals surface area contributed by atoms with Crippen LogP contribution in [-0.4, -0.2) is 39.2 Å². The quantitative estimate of drug-likeness (QED) is 0.768. The molecule has 3 rings (SSSR count). The zero-order valence-electron chi connectivity index (χ0n) is 16.4. The number of ketones is 1. The molecule has 0 aliphatic heterocycles. The van der Waals surface area contributed by atoms with Crippen molar-refractivity contribution in [3.63, 3.8) is 0 Å². The molecule has 0 bridgehead atoms. The molecule has 1 atom stereocenters. The van der Waals surface area contributed by atoms with Gasteiger partial charge in [-0.05, 0) is 54.2 Å².